The van der Waals surface area contributed by atoms with E-state index in [9.17, 15) is 19.5 Å². The normalized spacial score (nSPS) is 14.4. The molecule has 0 saturated heterocycles. The Kier molecular flexibility index (Phi) is 25.1. The fourth-order valence-electron chi connectivity index (χ4n) is 3.90. The van der Waals surface area contributed by atoms with Crippen molar-refractivity contribution < 1.29 is 24.0 Å². The summed E-state index contributed by atoms with van der Waals surface area (Å²) in [5.74, 6) is -0.667. The van der Waals surface area contributed by atoms with Gasteiger partial charge in [-0.3, -0.25) is 14.4 Å². The number of primary amides is 1. The molecule has 0 saturated carbocycles. The van der Waals surface area contributed by atoms with Crippen LogP contribution in [-0.4, -0.2) is 84.2 Å². The van der Waals surface area contributed by atoms with E-state index in [4.69, 9.17) is 5.73 Å². The molecule has 2 atom stereocenters. The molecular weight excluding hydrogens is 617 g/mol. The fraction of sp³-hybridized carbons (Fsp3) is 0.583. The molecule has 0 rings (SSSR count). The number of rotatable bonds is 26. The van der Waals surface area contributed by atoms with Crippen molar-refractivity contribution in [3.63, 3.8) is 0 Å². The number of hydrogen-bond acceptors (Lipinski definition) is 6. The van der Waals surface area contributed by atoms with Crippen LogP contribution in [0.1, 0.15) is 78.6 Å². The van der Waals surface area contributed by atoms with Gasteiger partial charge in [-0.15, -0.1) is 0 Å². The lowest BCUT2D eigenvalue weighted by molar-refractivity contribution is -0.873. The summed E-state index contributed by atoms with van der Waals surface area (Å²) in [6, 6.07) is -0.772. The van der Waals surface area contributed by atoms with Gasteiger partial charge in [0.05, 0.1) is 27.6 Å². The molecule has 5 N–H and O–H groups in total. The molecule has 0 bridgehead atoms. The van der Waals surface area contributed by atoms with Gasteiger partial charge in [0.15, 0.2) is 0 Å². The van der Waals surface area contributed by atoms with E-state index in [-0.39, 0.29) is 29.4 Å². The first-order valence-electron chi connectivity index (χ1n) is 16.3. The molecule has 0 aromatic carbocycles. The zero-order chi connectivity index (χ0) is 34.7. The standard InChI is InChI=1S/C36H60N4O4S2/c1-7-8-9-10-11-12-13-14-15-16-17-18-19-20-21-22-23-24-25-26-33(42)39-32(35(37)44)29-45-46-36(2,3)30-38-34(43)27-31(41)28-40(4,5)6/h8-9,11-12,14-15,17-18,20-21,23-24,31-32,41H,7,10,13,16,19,22,25-30H2,1-6H3,(H3-,37,38,39,42,43,44)/p+1/b9-8-,12-11-,15-14-,18-17-,21-20-,24-23-/t31?,32-/m0/s1. The first-order chi connectivity index (χ1) is 21.8. The highest BCUT2D eigenvalue weighted by Gasteiger charge is 2.25. The van der Waals surface area contributed by atoms with Gasteiger partial charge in [-0.2, -0.15) is 0 Å². The maximum atomic E-state index is 12.4. The summed E-state index contributed by atoms with van der Waals surface area (Å²) in [5, 5.41) is 15.7. The maximum Gasteiger partial charge on any atom is 0.240 e. The zero-order valence-corrected chi connectivity index (χ0v) is 30.7. The number of aliphatic hydroxyl groups excluding tert-OH is 1. The minimum absolute atomic E-state index is 0.0533. The molecule has 0 heterocycles. The van der Waals surface area contributed by atoms with Crippen molar-refractivity contribution in [2.75, 3.05) is 40.0 Å². The molecule has 0 aliphatic rings. The molecule has 0 aromatic heterocycles. The Morgan fingerprint density at radius 2 is 1.28 bits per heavy atom. The van der Waals surface area contributed by atoms with Crippen LogP contribution in [0, 0.1) is 0 Å². The summed E-state index contributed by atoms with van der Waals surface area (Å²) in [6.07, 6.45) is 31.6. The molecule has 0 fully saturated rings. The number of aliphatic hydroxyl groups is 1. The van der Waals surface area contributed by atoms with Gasteiger partial charge in [0, 0.05) is 23.5 Å². The lowest BCUT2D eigenvalue weighted by Crippen LogP contribution is -2.46. The van der Waals surface area contributed by atoms with E-state index in [2.05, 4.69) is 78.3 Å². The number of likely N-dealkylation sites (N-methyl/N-ethyl adjacent to an activating group) is 1. The quantitative estimate of drug-likeness (QED) is 0.0494. The van der Waals surface area contributed by atoms with Crippen LogP contribution in [0.3, 0.4) is 0 Å². The van der Waals surface area contributed by atoms with Crippen LogP contribution >= 0.6 is 21.6 Å². The summed E-state index contributed by atoms with van der Waals surface area (Å²) in [5.41, 5.74) is 5.53. The molecule has 1 unspecified atom stereocenters. The number of carbonyl (C=O) groups is 3. The Hall–Kier alpha value is -2.53. The van der Waals surface area contributed by atoms with Gasteiger partial charge in [-0.1, -0.05) is 101 Å². The molecule has 0 spiro atoms. The summed E-state index contributed by atoms with van der Waals surface area (Å²) >= 11 is 0. The van der Waals surface area contributed by atoms with E-state index in [1.807, 2.05) is 47.1 Å². The highest BCUT2D eigenvalue weighted by Crippen LogP contribution is 2.35. The third-order valence-corrected chi connectivity index (χ3v) is 9.52. The van der Waals surface area contributed by atoms with Crippen LogP contribution in [0.25, 0.3) is 0 Å². The maximum absolute atomic E-state index is 12.4. The predicted octanol–water partition coefficient (Wildman–Crippen LogP) is 6.17. The number of carbonyl (C=O) groups excluding carboxylic acids is 3. The highest BCUT2D eigenvalue weighted by atomic mass is 33.1. The molecule has 0 aromatic rings. The average molecular weight is 678 g/mol. The minimum Gasteiger partial charge on any atom is -0.387 e. The van der Waals surface area contributed by atoms with E-state index >= 15 is 0 Å². The fourth-order valence-corrected chi connectivity index (χ4v) is 6.55. The van der Waals surface area contributed by atoms with Gasteiger partial charge in [0.25, 0.3) is 0 Å². The van der Waals surface area contributed by atoms with Crippen molar-refractivity contribution >= 4 is 39.3 Å². The molecule has 10 heteroatoms. The Labute approximate surface area is 287 Å². The Bertz CT molecular complexity index is 1040. The van der Waals surface area contributed by atoms with Gasteiger partial charge < -0.3 is 26.0 Å². The summed E-state index contributed by atoms with van der Waals surface area (Å²) in [4.78, 5) is 36.5. The van der Waals surface area contributed by atoms with Crippen molar-refractivity contribution in [1.82, 2.24) is 10.6 Å². The molecule has 3 amide bonds. The Morgan fingerprint density at radius 3 is 1.74 bits per heavy atom. The second-order valence-electron chi connectivity index (χ2n) is 12.7. The third kappa shape index (κ3) is 28.9. The van der Waals surface area contributed by atoms with E-state index in [1.165, 1.54) is 21.6 Å². The summed E-state index contributed by atoms with van der Waals surface area (Å²) < 4.78 is 0.250. The van der Waals surface area contributed by atoms with Crippen molar-refractivity contribution in [3.05, 3.63) is 72.9 Å². The van der Waals surface area contributed by atoms with E-state index in [0.717, 1.165) is 38.5 Å². The van der Waals surface area contributed by atoms with Crippen molar-refractivity contribution in [1.29, 1.82) is 0 Å². The number of amides is 3. The van der Waals surface area contributed by atoms with Crippen molar-refractivity contribution in [2.45, 2.75) is 95.5 Å². The van der Waals surface area contributed by atoms with Crippen LogP contribution in [0.2, 0.25) is 0 Å². The SMILES string of the molecule is CC/C=C\C/C=C\C/C=C\C/C=C\C/C=C\C/C=C\CCC(=O)N[C@@H](CSSC(C)(C)CNC(=O)CC(O)C[N+](C)(C)C)C(N)=O. The second kappa shape index (κ2) is 26.5. The summed E-state index contributed by atoms with van der Waals surface area (Å²) in [7, 11) is 8.84. The lowest BCUT2D eigenvalue weighted by Gasteiger charge is -2.27. The van der Waals surface area contributed by atoms with Crippen LogP contribution in [0.5, 0.6) is 0 Å². The van der Waals surface area contributed by atoms with Crippen molar-refractivity contribution in [2.24, 2.45) is 5.73 Å². The zero-order valence-electron chi connectivity index (χ0n) is 29.1. The first-order valence-corrected chi connectivity index (χ1v) is 18.6. The minimum atomic E-state index is -0.772. The number of nitrogens with one attached hydrogen (secondary N) is 2. The van der Waals surface area contributed by atoms with Gasteiger partial charge in [0.1, 0.15) is 18.7 Å². The van der Waals surface area contributed by atoms with E-state index in [1.54, 1.807) is 0 Å². The third-order valence-electron chi connectivity index (χ3n) is 6.22. The molecule has 0 radical (unpaired) electrons. The Balaban J connectivity index is 4.17. The number of allylic oxidation sites excluding steroid dienone is 12. The Morgan fingerprint density at radius 1 is 0.804 bits per heavy atom. The monoisotopic (exact) mass is 677 g/mol. The van der Waals surface area contributed by atoms with Crippen LogP contribution in [-0.2, 0) is 14.4 Å². The predicted molar refractivity (Wildman–Crippen MR) is 199 cm³/mol. The lowest BCUT2D eigenvalue weighted by atomic mass is 10.2. The molecule has 0 aliphatic carbocycles. The van der Waals surface area contributed by atoms with Crippen LogP contribution in [0.4, 0.5) is 0 Å². The summed E-state index contributed by atoms with van der Waals surface area (Å²) in [6.45, 7) is 7.00. The topological polar surface area (TPSA) is 122 Å². The number of nitrogens with zero attached hydrogens (tertiary/aromatic N) is 1. The van der Waals surface area contributed by atoms with E-state index in [0.29, 0.717) is 29.7 Å². The average Bonchev–Trinajstić information content (AvgIpc) is 2.95. The van der Waals surface area contributed by atoms with Crippen molar-refractivity contribution in [3.8, 4) is 0 Å². The van der Waals surface area contributed by atoms with Crippen LogP contribution in [0.15, 0.2) is 72.9 Å². The van der Waals surface area contributed by atoms with Gasteiger partial charge in [0.2, 0.25) is 17.7 Å². The molecule has 0 aliphatic heterocycles. The van der Waals surface area contributed by atoms with Gasteiger partial charge in [-0.05, 0) is 58.8 Å². The largest absolute Gasteiger partial charge is 0.387 e. The number of nitrogens with two attached hydrogens (primary N) is 1. The highest BCUT2D eigenvalue weighted by molar-refractivity contribution is 8.77. The molecular formula is C36H61N4O4S2+. The second-order valence-corrected chi connectivity index (χ2v) is 15.8. The molecule has 46 heavy (non-hydrogen) atoms. The smallest absolute Gasteiger partial charge is 0.240 e. The molecule has 260 valence electrons. The van der Waals surface area contributed by atoms with Gasteiger partial charge in [-0.25, -0.2) is 0 Å². The van der Waals surface area contributed by atoms with E-state index < -0.39 is 18.1 Å². The number of hydrogen-bond donors (Lipinski definition) is 4. The first kappa shape index (κ1) is 43.5. The van der Waals surface area contributed by atoms with Gasteiger partial charge >= 0.3 is 0 Å². The number of quaternary nitrogens is 1. The van der Waals surface area contributed by atoms with Crippen LogP contribution < -0.4 is 16.4 Å². The molecule has 8 nitrogen and oxygen atoms in total.